The molecule has 6 heteroatoms. The molecule has 2 amide bonds. The maximum absolute atomic E-state index is 12.8. The number of nitrogens with zero attached hydrogens (tertiary/aromatic N) is 2. The molecule has 1 aliphatic heterocycles. The van der Waals surface area contributed by atoms with E-state index >= 15 is 0 Å². The minimum Gasteiger partial charge on any atom is -0.457 e. The van der Waals surface area contributed by atoms with Gasteiger partial charge in [-0.2, -0.15) is 5.26 Å². The topological polar surface area (TPSA) is 91.4 Å². The second-order valence-electron chi connectivity index (χ2n) is 6.51. The third-order valence-electron chi connectivity index (χ3n) is 4.63. The van der Waals surface area contributed by atoms with Crippen molar-refractivity contribution in [2.75, 3.05) is 6.54 Å². The minimum atomic E-state index is -0.627. The first-order valence-corrected chi connectivity index (χ1v) is 8.88. The fourth-order valence-electron chi connectivity index (χ4n) is 3.02. The van der Waals surface area contributed by atoms with Crippen molar-refractivity contribution >= 4 is 23.7 Å². The number of hydrogen-bond donors (Lipinski definition) is 0. The summed E-state index contributed by atoms with van der Waals surface area (Å²) in [6, 6.07) is 12.3. The molecule has 0 aliphatic carbocycles. The molecule has 0 atom stereocenters. The van der Waals surface area contributed by atoms with Crippen LogP contribution in [-0.4, -0.2) is 29.0 Å². The zero-order valence-electron chi connectivity index (χ0n) is 16.1. The Kier molecular flexibility index (Phi) is 5.42. The number of nitriles is 1. The number of Topliss-reactive ketones (excluding diaryl/α,β-unsaturated/α-hetero) is 1. The number of carbonyl (C=O) groups is 3. The number of carbonyl (C=O) groups excluding carboxylic acids is 3. The summed E-state index contributed by atoms with van der Waals surface area (Å²) in [5.74, 6) is -0.181. The van der Waals surface area contributed by atoms with Gasteiger partial charge >= 0.3 is 0 Å². The van der Waals surface area contributed by atoms with Crippen LogP contribution in [0.2, 0.25) is 0 Å². The molecule has 1 aromatic heterocycles. The van der Waals surface area contributed by atoms with Crippen LogP contribution in [-0.2, 0) is 9.59 Å². The molecule has 0 unspecified atom stereocenters. The van der Waals surface area contributed by atoms with Gasteiger partial charge in [-0.05, 0) is 37.6 Å². The highest BCUT2D eigenvalue weighted by Gasteiger charge is 2.34. The molecule has 1 aliphatic rings. The third-order valence-corrected chi connectivity index (χ3v) is 4.63. The van der Waals surface area contributed by atoms with E-state index in [0.717, 1.165) is 10.5 Å². The quantitative estimate of drug-likeness (QED) is 0.336. The highest BCUT2D eigenvalue weighted by molar-refractivity contribution is 6.19. The van der Waals surface area contributed by atoms with Gasteiger partial charge in [0.15, 0.2) is 5.78 Å². The van der Waals surface area contributed by atoms with Gasteiger partial charge in [-0.3, -0.25) is 19.3 Å². The van der Waals surface area contributed by atoms with E-state index in [1.807, 2.05) is 6.07 Å². The molecule has 2 heterocycles. The average Bonchev–Trinajstić information content (AvgIpc) is 3.18. The molecule has 0 N–H and O–H groups in total. The Bertz CT molecular complexity index is 1120. The lowest BCUT2D eigenvalue weighted by molar-refractivity contribution is -0.139. The van der Waals surface area contributed by atoms with E-state index in [4.69, 9.17) is 4.42 Å². The molecule has 0 fully saturated rings. The van der Waals surface area contributed by atoms with E-state index in [1.165, 1.54) is 19.1 Å². The van der Waals surface area contributed by atoms with Crippen LogP contribution >= 0.6 is 0 Å². The average molecular weight is 386 g/mol. The van der Waals surface area contributed by atoms with E-state index in [-0.39, 0.29) is 23.5 Å². The number of hydrogen-bond acceptors (Lipinski definition) is 5. The highest BCUT2D eigenvalue weighted by atomic mass is 16.3. The Balaban J connectivity index is 1.99. The smallest absolute Gasteiger partial charge is 0.271 e. The Hall–Kier alpha value is -3.98. The largest absolute Gasteiger partial charge is 0.457 e. The molecule has 0 spiro atoms. The van der Waals surface area contributed by atoms with Crippen LogP contribution in [0.3, 0.4) is 0 Å². The van der Waals surface area contributed by atoms with E-state index < -0.39 is 11.8 Å². The van der Waals surface area contributed by atoms with E-state index in [1.54, 1.807) is 43.3 Å². The highest BCUT2D eigenvalue weighted by Crippen LogP contribution is 2.29. The summed E-state index contributed by atoms with van der Waals surface area (Å²) in [7, 11) is 0. The maximum atomic E-state index is 12.8. The summed E-state index contributed by atoms with van der Waals surface area (Å²) < 4.78 is 5.82. The molecule has 144 valence electrons. The lowest BCUT2D eigenvalue weighted by Gasteiger charge is -2.26. The van der Waals surface area contributed by atoms with Crippen molar-refractivity contribution in [3.8, 4) is 17.4 Å². The van der Waals surface area contributed by atoms with Gasteiger partial charge in [0.05, 0.1) is 0 Å². The second kappa shape index (κ2) is 7.95. The van der Waals surface area contributed by atoms with E-state index in [9.17, 15) is 19.6 Å². The first-order valence-electron chi connectivity index (χ1n) is 8.88. The zero-order valence-corrected chi connectivity index (χ0v) is 16.1. The predicted octanol–water partition coefficient (Wildman–Crippen LogP) is 3.93. The van der Waals surface area contributed by atoms with Crippen LogP contribution in [0.4, 0.5) is 0 Å². The van der Waals surface area contributed by atoms with Crippen LogP contribution in [0.15, 0.2) is 70.2 Å². The van der Waals surface area contributed by atoms with Gasteiger partial charge < -0.3 is 4.42 Å². The Morgan fingerprint density at radius 3 is 2.45 bits per heavy atom. The van der Waals surface area contributed by atoms with E-state index in [0.29, 0.717) is 22.7 Å². The molecule has 0 saturated carbocycles. The number of benzene rings is 1. The van der Waals surface area contributed by atoms with Crippen molar-refractivity contribution in [2.45, 2.75) is 13.8 Å². The molecule has 0 radical (unpaired) electrons. The first kappa shape index (κ1) is 19.8. The number of amides is 2. The molecule has 29 heavy (non-hydrogen) atoms. The monoisotopic (exact) mass is 386 g/mol. The summed E-state index contributed by atoms with van der Waals surface area (Å²) in [5.41, 5.74) is 1.84. The lowest BCUT2D eigenvalue weighted by atomic mass is 9.94. The van der Waals surface area contributed by atoms with Crippen LogP contribution in [0.5, 0.6) is 0 Å². The fourth-order valence-corrected chi connectivity index (χ4v) is 3.02. The Labute approximate surface area is 168 Å². The van der Waals surface area contributed by atoms with Crippen molar-refractivity contribution in [3.63, 3.8) is 0 Å². The molecule has 3 rings (SSSR count). The van der Waals surface area contributed by atoms with Crippen molar-refractivity contribution in [1.82, 2.24) is 4.90 Å². The maximum Gasteiger partial charge on any atom is 0.271 e. The Morgan fingerprint density at radius 2 is 1.86 bits per heavy atom. The summed E-state index contributed by atoms with van der Waals surface area (Å²) in [6.07, 6.45) is 2.95. The molecular weight excluding hydrogens is 368 g/mol. The molecule has 1 aromatic carbocycles. The minimum absolute atomic E-state index is 0.0133. The van der Waals surface area contributed by atoms with Crippen LogP contribution in [0.25, 0.3) is 17.4 Å². The lowest BCUT2D eigenvalue weighted by Crippen LogP contribution is -2.42. The first-order chi connectivity index (χ1) is 13.9. The van der Waals surface area contributed by atoms with Gasteiger partial charge in [-0.25, -0.2) is 0 Å². The SMILES string of the molecule is C=CCN1C(=O)C(=Cc2ccc(-c3ccc(C(C)=O)cc3)o2)C(C)=C(C#N)C1=O. The van der Waals surface area contributed by atoms with Crippen molar-refractivity contribution in [1.29, 1.82) is 5.26 Å². The Morgan fingerprint density at radius 1 is 1.17 bits per heavy atom. The predicted molar refractivity (Wildman–Crippen MR) is 107 cm³/mol. The zero-order chi connectivity index (χ0) is 21.1. The van der Waals surface area contributed by atoms with Crippen molar-refractivity contribution in [2.24, 2.45) is 0 Å². The molecule has 0 saturated heterocycles. The molecule has 0 bridgehead atoms. The third kappa shape index (κ3) is 3.71. The van der Waals surface area contributed by atoms with Crippen molar-refractivity contribution in [3.05, 3.63) is 77.1 Å². The number of furan rings is 1. The van der Waals surface area contributed by atoms with Crippen LogP contribution in [0, 0.1) is 11.3 Å². The van der Waals surface area contributed by atoms with Crippen LogP contribution < -0.4 is 0 Å². The molecule has 6 nitrogen and oxygen atoms in total. The fraction of sp³-hybridized carbons (Fsp3) is 0.130. The number of imide groups is 1. The summed E-state index contributed by atoms with van der Waals surface area (Å²) in [5, 5.41) is 9.34. The second-order valence-corrected chi connectivity index (χ2v) is 6.51. The van der Waals surface area contributed by atoms with Gasteiger partial charge in [0, 0.05) is 23.2 Å². The number of rotatable bonds is 5. The summed E-state index contributed by atoms with van der Waals surface area (Å²) in [6.45, 7) is 6.63. The van der Waals surface area contributed by atoms with Gasteiger partial charge in [-0.15, -0.1) is 6.58 Å². The summed E-state index contributed by atoms with van der Waals surface area (Å²) >= 11 is 0. The van der Waals surface area contributed by atoms with Gasteiger partial charge in [0.1, 0.15) is 23.2 Å². The van der Waals surface area contributed by atoms with Crippen LogP contribution in [0.1, 0.15) is 30.0 Å². The van der Waals surface area contributed by atoms with Gasteiger partial charge in [0.2, 0.25) is 0 Å². The van der Waals surface area contributed by atoms with Gasteiger partial charge in [-0.1, -0.05) is 30.3 Å². The molecular formula is C23H18N2O4. The summed E-state index contributed by atoms with van der Waals surface area (Å²) in [4.78, 5) is 37.5. The standard InChI is InChI=1S/C23H18N2O4/c1-4-11-25-22(27)19(14(2)20(13-24)23(25)28)12-18-9-10-21(29-18)17-7-5-16(6-8-17)15(3)26/h4-10,12H,1,11H2,2-3H3. The van der Waals surface area contributed by atoms with Crippen molar-refractivity contribution < 1.29 is 18.8 Å². The normalized spacial score (nSPS) is 15.6. The number of ketones is 1. The van der Waals surface area contributed by atoms with Gasteiger partial charge in [0.25, 0.3) is 11.8 Å². The van der Waals surface area contributed by atoms with E-state index in [2.05, 4.69) is 6.58 Å². The molecule has 2 aromatic rings.